The van der Waals surface area contributed by atoms with E-state index < -0.39 is 30.1 Å². The lowest BCUT2D eigenvalue weighted by Crippen LogP contribution is -2.44. The molecule has 0 bridgehead atoms. The summed E-state index contributed by atoms with van der Waals surface area (Å²) in [7, 11) is 0. The third kappa shape index (κ3) is 5.27. The van der Waals surface area contributed by atoms with Crippen molar-refractivity contribution < 1.29 is 37.0 Å². The maximum Gasteiger partial charge on any atom is 0.451 e. The SMILES string of the molecule is C=NCC1CN(c2cc(Cl)cnc2O[C@H]2C[C@@H](C(=O)O)N(c3nc(C(F)(F)F)nc4c3oc3ccccc34)C2)CCO1. The Balaban J connectivity index is 1.36. The van der Waals surface area contributed by atoms with Crippen LogP contribution in [0.4, 0.5) is 24.7 Å². The van der Waals surface area contributed by atoms with Crippen molar-refractivity contribution in [2.45, 2.75) is 30.8 Å². The van der Waals surface area contributed by atoms with E-state index in [1.165, 1.54) is 11.1 Å². The number of hydrogen-bond acceptors (Lipinski definition) is 10. The quantitative estimate of drug-likeness (QED) is 0.302. The van der Waals surface area contributed by atoms with Gasteiger partial charge in [-0.25, -0.2) is 19.7 Å². The molecule has 0 amide bonds. The molecule has 4 aromatic rings. The van der Waals surface area contributed by atoms with Crippen molar-refractivity contribution in [2.75, 3.05) is 42.6 Å². The normalized spacial score (nSPS) is 21.3. The molecule has 0 aliphatic carbocycles. The lowest BCUT2D eigenvalue weighted by molar-refractivity contribution is -0.144. The van der Waals surface area contributed by atoms with Crippen LogP contribution in [0.25, 0.3) is 22.1 Å². The number of nitrogens with zero attached hydrogens (tertiary/aromatic N) is 6. The van der Waals surface area contributed by atoms with Crippen molar-refractivity contribution in [3.05, 3.63) is 47.4 Å². The van der Waals surface area contributed by atoms with E-state index in [0.29, 0.717) is 47.9 Å². The Morgan fingerprint density at radius 1 is 1.26 bits per heavy atom. The molecule has 2 aliphatic rings. The maximum absolute atomic E-state index is 13.9. The Kier molecular flexibility index (Phi) is 7.27. The first-order chi connectivity index (χ1) is 20.1. The van der Waals surface area contributed by atoms with Crippen molar-refractivity contribution in [2.24, 2.45) is 4.99 Å². The number of alkyl halides is 3. The summed E-state index contributed by atoms with van der Waals surface area (Å²) in [5.41, 5.74) is 0.767. The molecule has 3 aromatic heterocycles. The number of ether oxygens (including phenoxy) is 2. The zero-order valence-corrected chi connectivity index (χ0v) is 22.7. The van der Waals surface area contributed by atoms with E-state index in [0.717, 1.165) is 0 Å². The largest absolute Gasteiger partial charge is 0.480 e. The van der Waals surface area contributed by atoms with Crippen LogP contribution < -0.4 is 14.5 Å². The fraction of sp³-hybridized carbons (Fsp3) is 0.370. The zero-order chi connectivity index (χ0) is 29.6. The highest BCUT2D eigenvalue weighted by atomic mass is 35.5. The Labute approximate surface area is 241 Å². The average molecular weight is 605 g/mol. The highest BCUT2D eigenvalue weighted by molar-refractivity contribution is 6.30. The number of rotatable bonds is 7. The number of para-hydroxylation sites is 1. The number of furan rings is 1. The summed E-state index contributed by atoms with van der Waals surface area (Å²) < 4.78 is 59.5. The van der Waals surface area contributed by atoms with Crippen molar-refractivity contribution >= 4 is 57.9 Å². The molecule has 0 radical (unpaired) electrons. The van der Waals surface area contributed by atoms with Gasteiger partial charge in [-0.2, -0.15) is 13.2 Å². The van der Waals surface area contributed by atoms with Gasteiger partial charge in [0.15, 0.2) is 11.4 Å². The second-order valence-electron chi connectivity index (χ2n) is 9.95. The fourth-order valence-corrected chi connectivity index (χ4v) is 5.48. The van der Waals surface area contributed by atoms with Crippen molar-refractivity contribution in [3.8, 4) is 5.88 Å². The molecule has 42 heavy (non-hydrogen) atoms. The predicted octanol–water partition coefficient (Wildman–Crippen LogP) is 4.46. The molecule has 1 unspecified atom stereocenters. The van der Waals surface area contributed by atoms with E-state index >= 15 is 0 Å². The van der Waals surface area contributed by atoms with Crippen LogP contribution in [-0.4, -0.2) is 83.8 Å². The highest BCUT2D eigenvalue weighted by Crippen LogP contribution is 2.40. The molecule has 0 saturated carbocycles. The number of morpholine rings is 1. The number of carboxylic acid groups (broad SMARTS) is 1. The molecule has 1 aromatic carbocycles. The molecule has 0 spiro atoms. The van der Waals surface area contributed by atoms with E-state index in [2.05, 4.69) is 26.7 Å². The number of carboxylic acids is 1. The third-order valence-corrected chi connectivity index (χ3v) is 7.37. The first-order valence-corrected chi connectivity index (χ1v) is 13.4. The van der Waals surface area contributed by atoms with Crippen molar-refractivity contribution in [3.63, 3.8) is 0 Å². The van der Waals surface area contributed by atoms with E-state index in [4.69, 9.17) is 25.5 Å². The molecule has 6 rings (SSSR count). The number of aliphatic imine (C=N–C) groups is 1. The number of carbonyl (C=O) groups is 1. The van der Waals surface area contributed by atoms with Gasteiger partial charge in [-0.05, 0) is 24.9 Å². The lowest BCUT2D eigenvalue weighted by atomic mass is 10.2. The van der Waals surface area contributed by atoms with Gasteiger partial charge < -0.3 is 28.8 Å². The Bertz CT molecular complexity index is 1670. The zero-order valence-electron chi connectivity index (χ0n) is 21.9. The number of pyridine rings is 1. The van der Waals surface area contributed by atoms with Crippen LogP contribution in [0, 0.1) is 0 Å². The molecule has 2 fully saturated rings. The monoisotopic (exact) mass is 604 g/mol. The summed E-state index contributed by atoms with van der Waals surface area (Å²) in [6.45, 7) is 5.22. The minimum Gasteiger partial charge on any atom is -0.480 e. The number of anilines is 2. The van der Waals surface area contributed by atoms with Crippen molar-refractivity contribution in [1.29, 1.82) is 0 Å². The number of halogens is 4. The second-order valence-corrected chi connectivity index (χ2v) is 10.4. The molecular formula is C27H24ClF3N6O5. The van der Waals surface area contributed by atoms with Gasteiger partial charge in [-0.1, -0.05) is 23.7 Å². The van der Waals surface area contributed by atoms with Gasteiger partial charge in [0.05, 0.1) is 30.8 Å². The van der Waals surface area contributed by atoms with Crippen LogP contribution >= 0.6 is 11.6 Å². The molecule has 2 saturated heterocycles. The van der Waals surface area contributed by atoms with Crippen LogP contribution in [-0.2, 0) is 15.7 Å². The molecular weight excluding hydrogens is 581 g/mol. The summed E-state index contributed by atoms with van der Waals surface area (Å²) in [6, 6.07) is 6.92. The molecule has 1 N–H and O–H groups in total. The van der Waals surface area contributed by atoms with E-state index in [9.17, 15) is 23.1 Å². The van der Waals surface area contributed by atoms with Gasteiger partial charge in [-0.15, -0.1) is 0 Å². The first kappa shape index (κ1) is 28.0. The number of aromatic nitrogens is 3. The Morgan fingerprint density at radius 3 is 2.83 bits per heavy atom. The molecule has 11 nitrogen and oxygen atoms in total. The Hall–Kier alpha value is -4.17. The van der Waals surface area contributed by atoms with Crippen LogP contribution in [0.15, 0.2) is 45.9 Å². The van der Waals surface area contributed by atoms with Gasteiger partial charge in [0, 0.05) is 31.1 Å². The minimum atomic E-state index is -4.88. The average Bonchev–Trinajstić information content (AvgIpc) is 3.55. The van der Waals surface area contributed by atoms with Crippen LogP contribution in [0.1, 0.15) is 12.2 Å². The molecule has 220 valence electrons. The number of hydrogen-bond donors (Lipinski definition) is 1. The summed E-state index contributed by atoms with van der Waals surface area (Å²) in [5.74, 6) is -2.73. The van der Waals surface area contributed by atoms with Crippen LogP contribution in [0.2, 0.25) is 5.02 Å². The van der Waals surface area contributed by atoms with Crippen LogP contribution in [0.3, 0.4) is 0 Å². The van der Waals surface area contributed by atoms with Gasteiger partial charge in [0.1, 0.15) is 28.9 Å². The van der Waals surface area contributed by atoms with Gasteiger partial charge in [0.25, 0.3) is 0 Å². The third-order valence-electron chi connectivity index (χ3n) is 7.16. The van der Waals surface area contributed by atoms with Gasteiger partial charge >= 0.3 is 12.1 Å². The second kappa shape index (κ2) is 10.9. The topological polar surface area (TPSA) is 126 Å². The van der Waals surface area contributed by atoms with E-state index in [1.54, 1.807) is 30.3 Å². The maximum atomic E-state index is 13.9. The van der Waals surface area contributed by atoms with E-state index in [-0.39, 0.29) is 41.9 Å². The molecule has 3 atom stereocenters. The van der Waals surface area contributed by atoms with Gasteiger partial charge in [-0.3, -0.25) is 4.99 Å². The molecule has 2 aliphatic heterocycles. The highest BCUT2D eigenvalue weighted by Gasteiger charge is 2.43. The molecule has 5 heterocycles. The lowest BCUT2D eigenvalue weighted by Gasteiger charge is -2.34. The number of fused-ring (bicyclic) bond motifs is 3. The van der Waals surface area contributed by atoms with Crippen molar-refractivity contribution in [1.82, 2.24) is 15.0 Å². The van der Waals surface area contributed by atoms with Gasteiger partial charge in [0.2, 0.25) is 11.7 Å². The Morgan fingerprint density at radius 2 is 2.07 bits per heavy atom. The minimum absolute atomic E-state index is 0.0448. The smallest absolute Gasteiger partial charge is 0.451 e. The first-order valence-electron chi connectivity index (χ1n) is 13.0. The fourth-order valence-electron chi connectivity index (χ4n) is 5.33. The standard InChI is InChI=1S/C27H24ClF3N6O5/c1-32-11-16-12-36(6-7-40-16)18-8-14(28)10-33-24(18)41-15-9-19(25(38)39)37(13-15)23-22-21(34-26(35-23)27(29,30)31)17-4-2-3-5-20(17)42-22/h2-5,8,10,15-16,19H,1,6-7,9,11-13H2,(H,38,39)/t15-,16?,19-/m0/s1. The molecule has 15 heteroatoms. The number of benzene rings is 1. The van der Waals surface area contributed by atoms with Crippen LogP contribution in [0.5, 0.6) is 5.88 Å². The summed E-state index contributed by atoms with van der Waals surface area (Å²) in [5, 5.41) is 10.8. The predicted molar refractivity (Wildman–Crippen MR) is 148 cm³/mol. The number of aliphatic carboxylic acids is 1. The summed E-state index contributed by atoms with van der Waals surface area (Å²) >= 11 is 6.25. The van der Waals surface area contributed by atoms with E-state index in [1.807, 2.05) is 4.90 Å². The summed E-state index contributed by atoms with van der Waals surface area (Å²) in [4.78, 5) is 31.3. The summed E-state index contributed by atoms with van der Waals surface area (Å²) in [6.07, 6.45) is -4.50.